The summed E-state index contributed by atoms with van der Waals surface area (Å²) in [6, 6.07) is 0. The van der Waals surface area contributed by atoms with Gasteiger partial charge in [0.05, 0.1) is 0 Å². The first-order valence-electron chi connectivity index (χ1n) is 5.14. The Morgan fingerprint density at radius 3 is 2.71 bits per heavy atom. The highest BCUT2D eigenvalue weighted by Crippen LogP contribution is 2.05. The van der Waals surface area contributed by atoms with Gasteiger partial charge >= 0.3 is 6.09 Å². The Kier molecular flexibility index (Phi) is 5.32. The van der Waals surface area contributed by atoms with Crippen LogP contribution >= 0.6 is 0 Å². The summed E-state index contributed by atoms with van der Waals surface area (Å²) < 4.78 is 4.58. The minimum atomic E-state index is -0.702. The Bertz CT molecular complexity index is 169. The molecule has 14 heavy (non-hydrogen) atoms. The number of amides is 1. The first-order chi connectivity index (χ1) is 6.79. The smallest absolute Gasteiger partial charge is 0.404 e. The van der Waals surface area contributed by atoms with Gasteiger partial charge < -0.3 is 20.7 Å². The second-order valence-electron chi connectivity index (χ2n) is 3.47. The van der Waals surface area contributed by atoms with E-state index in [2.05, 4.69) is 15.0 Å². The molecule has 5 heteroatoms. The van der Waals surface area contributed by atoms with E-state index in [0.717, 1.165) is 13.1 Å². The van der Waals surface area contributed by atoms with Crippen LogP contribution in [-0.2, 0) is 4.74 Å². The molecule has 0 bridgehead atoms. The summed E-state index contributed by atoms with van der Waals surface area (Å²) in [5.41, 5.74) is 4.81. The molecule has 1 saturated heterocycles. The second-order valence-corrected chi connectivity index (χ2v) is 3.47. The summed E-state index contributed by atoms with van der Waals surface area (Å²) >= 11 is 0. The Labute approximate surface area is 84.6 Å². The van der Waals surface area contributed by atoms with Crippen molar-refractivity contribution in [1.82, 2.24) is 10.2 Å². The number of likely N-dealkylation sites (tertiary alicyclic amines) is 1. The van der Waals surface area contributed by atoms with Crippen LogP contribution in [0.3, 0.4) is 0 Å². The van der Waals surface area contributed by atoms with E-state index >= 15 is 0 Å². The van der Waals surface area contributed by atoms with Crippen molar-refractivity contribution < 1.29 is 9.53 Å². The maximum Gasteiger partial charge on any atom is 0.404 e. The van der Waals surface area contributed by atoms with Crippen molar-refractivity contribution in [3.63, 3.8) is 0 Å². The van der Waals surface area contributed by atoms with Crippen molar-refractivity contribution >= 4 is 6.09 Å². The van der Waals surface area contributed by atoms with Gasteiger partial charge in [0, 0.05) is 19.6 Å². The number of nitrogens with one attached hydrogen (secondary N) is 1. The molecule has 0 unspecified atom stereocenters. The summed E-state index contributed by atoms with van der Waals surface area (Å²) in [4.78, 5) is 12.6. The van der Waals surface area contributed by atoms with Gasteiger partial charge in [0.1, 0.15) is 6.61 Å². The van der Waals surface area contributed by atoms with Crippen molar-refractivity contribution in [2.75, 3.05) is 39.3 Å². The molecule has 0 radical (unpaired) electrons. The van der Waals surface area contributed by atoms with E-state index in [1.807, 2.05) is 0 Å². The van der Waals surface area contributed by atoms with Gasteiger partial charge in [-0.05, 0) is 25.9 Å². The van der Waals surface area contributed by atoms with E-state index in [-0.39, 0.29) is 0 Å². The zero-order valence-corrected chi connectivity index (χ0v) is 8.50. The number of ether oxygens (including phenoxy) is 1. The minimum Gasteiger partial charge on any atom is -0.448 e. The number of nitrogens with two attached hydrogens (primary N) is 1. The number of hydrogen-bond acceptors (Lipinski definition) is 4. The molecule has 82 valence electrons. The molecule has 1 aliphatic rings. The van der Waals surface area contributed by atoms with Crippen LogP contribution in [0.15, 0.2) is 0 Å². The lowest BCUT2D eigenvalue weighted by atomic mass is 10.4. The maximum absolute atomic E-state index is 10.2. The average Bonchev–Trinajstić information content (AvgIpc) is 2.63. The molecular weight excluding hydrogens is 182 g/mol. The summed E-state index contributed by atoms with van der Waals surface area (Å²) in [6.07, 6.45) is 1.95. The molecule has 1 aliphatic heterocycles. The first kappa shape index (κ1) is 11.3. The van der Waals surface area contributed by atoms with Crippen LogP contribution in [0.1, 0.15) is 12.8 Å². The van der Waals surface area contributed by atoms with Crippen LogP contribution in [0.2, 0.25) is 0 Å². The second kappa shape index (κ2) is 6.62. The summed E-state index contributed by atoms with van der Waals surface area (Å²) in [6.45, 7) is 5.50. The third-order valence-electron chi connectivity index (χ3n) is 2.33. The van der Waals surface area contributed by atoms with Crippen LogP contribution in [0.5, 0.6) is 0 Å². The van der Waals surface area contributed by atoms with Gasteiger partial charge in [-0.15, -0.1) is 0 Å². The molecule has 1 amide bonds. The van der Waals surface area contributed by atoms with Gasteiger partial charge in [-0.2, -0.15) is 0 Å². The lowest BCUT2D eigenvalue weighted by Crippen LogP contribution is -2.32. The molecule has 0 saturated carbocycles. The molecule has 0 spiro atoms. The van der Waals surface area contributed by atoms with Crippen LogP contribution < -0.4 is 11.1 Å². The van der Waals surface area contributed by atoms with Crippen LogP contribution in [0.25, 0.3) is 0 Å². The number of nitrogens with zero attached hydrogens (tertiary/aromatic N) is 1. The maximum atomic E-state index is 10.2. The van der Waals surface area contributed by atoms with E-state index in [1.54, 1.807) is 0 Å². The molecule has 1 rings (SSSR count). The highest BCUT2D eigenvalue weighted by molar-refractivity contribution is 5.64. The standard InChI is InChI=1S/C9H19N3O2/c10-9(13)14-8-4-11-3-7-12-5-1-2-6-12/h11H,1-8H2,(H2,10,13). The zero-order valence-electron chi connectivity index (χ0n) is 8.50. The summed E-state index contributed by atoms with van der Waals surface area (Å²) in [5, 5.41) is 3.19. The molecule has 5 nitrogen and oxygen atoms in total. The SMILES string of the molecule is NC(=O)OCCNCCN1CCCC1. The van der Waals surface area contributed by atoms with Crippen LogP contribution in [-0.4, -0.2) is 50.3 Å². The van der Waals surface area contributed by atoms with E-state index in [4.69, 9.17) is 5.73 Å². The summed E-state index contributed by atoms with van der Waals surface area (Å²) in [5.74, 6) is 0. The molecule has 3 N–H and O–H groups in total. The largest absolute Gasteiger partial charge is 0.448 e. The molecule has 1 fully saturated rings. The minimum absolute atomic E-state index is 0.356. The van der Waals surface area contributed by atoms with Crippen molar-refractivity contribution in [3.8, 4) is 0 Å². The average molecular weight is 201 g/mol. The number of hydrogen-bond donors (Lipinski definition) is 2. The van der Waals surface area contributed by atoms with Crippen molar-refractivity contribution in [2.24, 2.45) is 5.73 Å². The lowest BCUT2D eigenvalue weighted by molar-refractivity contribution is 0.157. The molecule has 0 atom stereocenters. The topological polar surface area (TPSA) is 67.6 Å². The van der Waals surface area contributed by atoms with E-state index in [1.165, 1.54) is 25.9 Å². The summed E-state index contributed by atoms with van der Waals surface area (Å²) in [7, 11) is 0. The lowest BCUT2D eigenvalue weighted by Gasteiger charge is -2.14. The van der Waals surface area contributed by atoms with Crippen molar-refractivity contribution in [1.29, 1.82) is 0 Å². The predicted octanol–water partition coefficient (Wildman–Crippen LogP) is -0.233. The third kappa shape index (κ3) is 5.04. The molecule has 0 aromatic rings. The van der Waals surface area contributed by atoms with Gasteiger partial charge in [0.25, 0.3) is 0 Å². The normalized spacial score (nSPS) is 17.1. The number of carbonyl (C=O) groups is 1. The van der Waals surface area contributed by atoms with Gasteiger partial charge in [-0.1, -0.05) is 0 Å². The fourth-order valence-corrected chi connectivity index (χ4v) is 1.59. The molecule has 0 aliphatic carbocycles. The Morgan fingerprint density at radius 1 is 1.36 bits per heavy atom. The Morgan fingerprint density at radius 2 is 2.07 bits per heavy atom. The van der Waals surface area contributed by atoms with Crippen molar-refractivity contribution in [2.45, 2.75) is 12.8 Å². The van der Waals surface area contributed by atoms with Gasteiger partial charge in [0.2, 0.25) is 0 Å². The fraction of sp³-hybridized carbons (Fsp3) is 0.889. The molecular formula is C9H19N3O2. The van der Waals surface area contributed by atoms with E-state index < -0.39 is 6.09 Å². The fourth-order valence-electron chi connectivity index (χ4n) is 1.59. The van der Waals surface area contributed by atoms with Crippen LogP contribution in [0, 0.1) is 0 Å². The first-order valence-corrected chi connectivity index (χ1v) is 5.14. The van der Waals surface area contributed by atoms with Crippen molar-refractivity contribution in [3.05, 3.63) is 0 Å². The quantitative estimate of drug-likeness (QED) is 0.582. The molecule has 0 aromatic heterocycles. The van der Waals surface area contributed by atoms with E-state index in [9.17, 15) is 4.79 Å². The van der Waals surface area contributed by atoms with E-state index in [0.29, 0.717) is 13.2 Å². The third-order valence-corrected chi connectivity index (χ3v) is 2.33. The molecule has 1 heterocycles. The van der Waals surface area contributed by atoms with Gasteiger partial charge in [-0.3, -0.25) is 0 Å². The van der Waals surface area contributed by atoms with Gasteiger partial charge in [-0.25, -0.2) is 4.79 Å². The highest BCUT2D eigenvalue weighted by atomic mass is 16.5. The number of carbonyl (C=O) groups excluding carboxylic acids is 1. The van der Waals surface area contributed by atoms with Gasteiger partial charge in [0.15, 0.2) is 0 Å². The Hall–Kier alpha value is -0.810. The number of primary amides is 1. The number of rotatable bonds is 6. The predicted molar refractivity (Wildman–Crippen MR) is 54.1 cm³/mol. The van der Waals surface area contributed by atoms with Crippen LogP contribution in [0.4, 0.5) is 4.79 Å². The zero-order chi connectivity index (χ0) is 10.2. The Balaban J connectivity index is 1.82. The monoisotopic (exact) mass is 201 g/mol. The highest BCUT2D eigenvalue weighted by Gasteiger charge is 2.09. The molecule has 0 aromatic carbocycles.